The molecular weight excluding hydrogens is 815 g/mol. The maximum absolute atomic E-state index is 13.5. The number of fused-ring (bicyclic) bond motifs is 2. The molecule has 5 aromatic carbocycles. The van der Waals surface area contributed by atoms with Crippen molar-refractivity contribution in [1.29, 1.82) is 0 Å². The Balaban J connectivity index is 0.000000228. The minimum atomic E-state index is -1.03. The van der Waals surface area contributed by atoms with Crippen LogP contribution in [0.1, 0.15) is 54.0 Å². The number of carboxylic acids is 1. The second-order valence-electron chi connectivity index (χ2n) is 17.9. The Kier molecular flexibility index (Phi) is 14.7. The van der Waals surface area contributed by atoms with E-state index >= 15 is 0 Å². The molecule has 2 heterocycles. The van der Waals surface area contributed by atoms with E-state index in [2.05, 4.69) is 10.2 Å². The van der Waals surface area contributed by atoms with E-state index in [1.54, 1.807) is 48.5 Å². The van der Waals surface area contributed by atoms with E-state index in [0.29, 0.717) is 26.2 Å². The molecule has 338 valence electrons. The lowest BCUT2D eigenvalue weighted by molar-refractivity contribution is -0.149. The number of carbonyl (C=O) groups is 5. The van der Waals surface area contributed by atoms with Crippen molar-refractivity contribution in [3.8, 4) is 0 Å². The highest BCUT2D eigenvalue weighted by molar-refractivity contribution is 5.96. The summed E-state index contributed by atoms with van der Waals surface area (Å²) in [6.45, 7) is 14.5. The Morgan fingerprint density at radius 1 is 0.609 bits per heavy atom. The zero-order chi connectivity index (χ0) is 46.2. The number of nitrogens with zero attached hydrogens (tertiary/aromatic N) is 4. The van der Waals surface area contributed by atoms with Gasteiger partial charge in [0.05, 0.1) is 0 Å². The van der Waals surface area contributed by atoms with E-state index in [4.69, 9.17) is 14.2 Å². The molecule has 0 aliphatic carbocycles. The summed E-state index contributed by atoms with van der Waals surface area (Å²) in [5.41, 5.74) is 1.46. The minimum Gasteiger partial charge on any atom is -0.480 e. The van der Waals surface area contributed by atoms with E-state index in [1.165, 1.54) is 9.80 Å². The predicted molar refractivity (Wildman–Crippen MR) is 247 cm³/mol. The average Bonchev–Trinajstić information content (AvgIpc) is 3.26. The topological polar surface area (TPSA) is 158 Å². The van der Waals surface area contributed by atoms with Crippen LogP contribution in [0, 0.1) is 0 Å². The van der Waals surface area contributed by atoms with Gasteiger partial charge in [0.2, 0.25) is 5.91 Å². The predicted octanol–water partition coefficient (Wildman–Crippen LogP) is 7.86. The lowest BCUT2D eigenvalue weighted by Gasteiger charge is -2.42. The van der Waals surface area contributed by atoms with Gasteiger partial charge < -0.3 is 34.4 Å². The number of esters is 1. The van der Waals surface area contributed by atoms with Crippen molar-refractivity contribution in [2.75, 3.05) is 49.1 Å². The van der Waals surface area contributed by atoms with Crippen molar-refractivity contribution in [3.05, 3.63) is 121 Å². The Bertz CT molecular complexity index is 2440. The summed E-state index contributed by atoms with van der Waals surface area (Å²) in [6, 6.07) is 34.7. The van der Waals surface area contributed by atoms with Gasteiger partial charge in [-0.2, -0.15) is 0 Å². The van der Waals surface area contributed by atoms with Crippen LogP contribution < -0.4 is 15.1 Å². The van der Waals surface area contributed by atoms with Gasteiger partial charge in [-0.1, -0.05) is 103 Å². The molecule has 0 aromatic heterocycles. The average molecular weight is 874 g/mol. The van der Waals surface area contributed by atoms with Crippen LogP contribution in [0.4, 0.5) is 21.0 Å². The standard InChI is InChI=1S/C30H35N3O5.C20H24N2O4/c1-21(28(35)37-20-22-11-6-5-7-12-22)31-27(34)26-19-32(17-18-33(26)29(36)38-30(2,3)4)25-16-10-14-23-13-8-9-15-24(23)25;1-20(2,3)26-19(25)22-12-11-21(13-17(22)18(23)24)16-10-6-8-14-7-4-5-9-15(14)16/h5-16,21,26H,17-20H2,1-4H3,(H,31,34);4-10,17H,11-13H2,1-3H3,(H,23,24)/t21-,26+;17-/m01/s1. The number of benzene rings is 5. The van der Waals surface area contributed by atoms with Crippen LogP contribution in [0.3, 0.4) is 0 Å². The third-order valence-corrected chi connectivity index (χ3v) is 10.8. The van der Waals surface area contributed by atoms with Crippen LogP contribution in [-0.4, -0.2) is 114 Å². The van der Waals surface area contributed by atoms with Crippen LogP contribution in [0.2, 0.25) is 0 Å². The summed E-state index contributed by atoms with van der Waals surface area (Å²) in [4.78, 5) is 70.3. The number of nitrogens with one attached hydrogen (secondary N) is 1. The lowest BCUT2D eigenvalue weighted by atomic mass is 10.1. The molecule has 0 radical (unpaired) electrons. The van der Waals surface area contributed by atoms with Gasteiger partial charge in [0.15, 0.2) is 0 Å². The molecule has 0 saturated carbocycles. The molecule has 0 spiro atoms. The second kappa shape index (κ2) is 20.1. The highest BCUT2D eigenvalue weighted by Gasteiger charge is 2.40. The molecule has 14 heteroatoms. The lowest BCUT2D eigenvalue weighted by Crippen LogP contribution is -2.62. The van der Waals surface area contributed by atoms with Crippen LogP contribution in [0.25, 0.3) is 21.5 Å². The molecule has 64 heavy (non-hydrogen) atoms. The van der Waals surface area contributed by atoms with Crippen LogP contribution in [0.5, 0.6) is 0 Å². The smallest absolute Gasteiger partial charge is 0.411 e. The highest BCUT2D eigenvalue weighted by Crippen LogP contribution is 2.31. The molecule has 5 aromatic rings. The quantitative estimate of drug-likeness (QED) is 0.116. The number of carboxylic acid groups (broad SMARTS) is 1. The minimum absolute atomic E-state index is 0.113. The fourth-order valence-corrected chi connectivity index (χ4v) is 7.71. The van der Waals surface area contributed by atoms with Crippen molar-refractivity contribution in [1.82, 2.24) is 15.1 Å². The zero-order valence-corrected chi connectivity index (χ0v) is 37.7. The Labute approximate surface area is 374 Å². The van der Waals surface area contributed by atoms with Gasteiger partial charge in [0.25, 0.3) is 0 Å². The fourth-order valence-electron chi connectivity index (χ4n) is 7.71. The molecule has 3 amide bonds. The molecule has 3 atom stereocenters. The third-order valence-electron chi connectivity index (χ3n) is 10.8. The Morgan fingerprint density at radius 3 is 1.53 bits per heavy atom. The number of ether oxygens (including phenoxy) is 3. The summed E-state index contributed by atoms with van der Waals surface area (Å²) in [5.74, 6) is -2.02. The van der Waals surface area contributed by atoms with Crippen molar-refractivity contribution in [2.45, 2.75) is 84.4 Å². The van der Waals surface area contributed by atoms with E-state index in [-0.39, 0.29) is 19.7 Å². The summed E-state index contributed by atoms with van der Waals surface area (Å²) in [5, 5.41) is 16.7. The third kappa shape index (κ3) is 12.0. The van der Waals surface area contributed by atoms with Gasteiger partial charge in [0.1, 0.15) is 35.9 Å². The van der Waals surface area contributed by atoms with E-state index in [0.717, 1.165) is 38.5 Å². The van der Waals surface area contributed by atoms with Crippen molar-refractivity contribution in [3.63, 3.8) is 0 Å². The Hall–Kier alpha value is -6.83. The van der Waals surface area contributed by atoms with Gasteiger partial charge in [-0.05, 0) is 76.9 Å². The van der Waals surface area contributed by atoms with Crippen molar-refractivity contribution >= 4 is 63.0 Å². The molecule has 2 N–H and O–H groups in total. The van der Waals surface area contributed by atoms with E-state index in [1.807, 2.05) is 120 Å². The fraction of sp³-hybridized carbons (Fsp3) is 0.380. The number of hydrogen-bond donors (Lipinski definition) is 2. The van der Waals surface area contributed by atoms with E-state index < -0.39 is 59.4 Å². The summed E-state index contributed by atoms with van der Waals surface area (Å²) < 4.78 is 16.4. The molecule has 0 bridgehead atoms. The second-order valence-corrected chi connectivity index (χ2v) is 17.9. The summed E-state index contributed by atoms with van der Waals surface area (Å²) >= 11 is 0. The zero-order valence-electron chi connectivity index (χ0n) is 37.7. The number of anilines is 2. The van der Waals surface area contributed by atoms with Crippen LogP contribution >= 0.6 is 0 Å². The largest absolute Gasteiger partial charge is 0.480 e. The summed E-state index contributed by atoms with van der Waals surface area (Å²) in [6.07, 6.45) is -1.14. The maximum Gasteiger partial charge on any atom is 0.411 e. The SMILES string of the molecule is CC(C)(C)OC(=O)N1CCN(c2cccc3ccccc23)C[C@@H]1C(=O)O.C[C@H](NC(=O)[C@H]1CN(c2cccc3ccccc23)CCN1C(=O)OC(C)(C)C)C(=O)OCc1ccccc1. The number of piperazine rings is 2. The van der Waals surface area contributed by atoms with Gasteiger partial charge in [-0.3, -0.25) is 14.6 Å². The number of aliphatic carboxylic acids is 1. The van der Waals surface area contributed by atoms with Gasteiger partial charge in [-0.25, -0.2) is 19.2 Å². The monoisotopic (exact) mass is 873 g/mol. The van der Waals surface area contributed by atoms with Gasteiger partial charge in [0, 0.05) is 61.4 Å². The first kappa shape index (κ1) is 46.7. The van der Waals surface area contributed by atoms with Crippen molar-refractivity contribution < 1.29 is 43.3 Å². The first-order chi connectivity index (χ1) is 30.4. The van der Waals surface area contributed by atoms with Crippen LogP contribution in [0.15, 0.2) is 115 Å². The van der Waals surface area contributed by atoms with E-state index in [9.17, 15) is 29.1 Å². The molecule has 2 aliphatic rings. The first-order valence-electron chi connectivity index (χ1n) is 21.6. The summed E-state index contributed by atoms with van der Waals surface area (Å²) in [7, 11) is 0. The number of hydrogen-bond acceptors (Lipinski definition) is 10. The molecule has 2 fully saturated rings. The molecular formula is C50H59N5O9. The van der Waals surface area contributed by atoms with Crippen LogP contribution in [-0.2, 0) is 35.2 Å². The maximum atomic E-state index is 13.5. The molecule has 2 saturated heterocycles. The Morgan fingerprint density at radius 2 is 1.05 bits per heavy atom. The first-order valence-corrected chi connectivity index (χ1v) is 21.6. The number of carbonyl (C=O) groups excluding carboxylic acids is 4. The molecule has 2 aliphatic heterocycles. The van der Waals surface area contributed by atoms with Gasteiger partial charge in [-0.15, -0.1) is 0 Å². The molecule has 0 unspecified atom stereocenters. The van der Waals surface area contributed by atoms with Gasteiger partial charge >= 0.3 is 24.1 Å². The number of rotatable bonds is 8. The highest BCUT2D eigenvalue weighted by atomic mass is 16.6. The van der Waals surface area contributed by atoms with Crippen molar-refractivity contribution in [2.24, 2.45) is 0 Å². The molecule has 7 rings (SSSR count). The molecule has 14 nitrogen and oxygen atoms in total. The normalized spacial score (nSPS) is 17.2. The number of amides is 3.